The molecular formula is C20H20Cl2FN3O4S. The number of nitrogens with one attached hydrogen (secondary N) is 2. The van der Waals surface area contributed by atoms with Crippen LogP contribution in [-0.2, 0) is 4.74 Å². The van der Waals surface area contributed by atoms with Gasteiger partial charge in [-0.25, -0.2) is 9.92 Å². The lowest BCUT2D eigenvalue weighted by atomic mass is 9.97. The fraction of sp³-hybridized carbons (Fsp3) is 0.300. The molecule has 1 fully saturated rings. The molecule has 7 nitrogen and oxygen atoms in total. The largest absolute Gasteiger partial charge is 0.394 e. The molecule has 0 aliphatic carbocycles. The van der Waals surface area contributed by atoms with Gasteiger partial charge in [-0.2, -0.15) is 5.11 Å². The van der Waals surface area contributed by atoms with Crippen LogP contribution >= 0.6 is 35.0 Å². The second-order valence-corrected chi connectivity index (χ2v) is 8.73. The molecule has 5 atom stereocenters. The summed E-state index contributed by atoms with van der Waals surface area (Å²) in [7, 11) is 0. The zero-order valence-electron chi connectivity index (χ0n) is 16.0. The van der Waals surface area contributed by atoms with Gasteiger partial charge in [-0.05, 0) is 30.3 Å². The number of thioether (sulfide) groups is 1. The minimum absolute atomic E-state index is 0.0969. The summed E-state index contributed by atoms with van der Waals surface area (Å²) >= 11 is 13.1. The molecule has 1 heterocycles. The number of hydrogen-bond donors (Lipinski definition) is 5. The summed E-state index contributed by atoms with van der Waals surface area (Å²) in [6.45, 7) is -0.478. The molecule has 1 saturated heterocycles. The maximum Gasteiger partial charge on any atom is 0.136 e. The van der Waals surface area contributed by atoms with Crippen molar-refractivity contribution in [3.8, 4) is 0 Å². The molecule has 0 bridgehead atoms. The van der Waals surface area contributed by atoms with Crippen molar-refractivity contribution in [3.63, 3.8) is 0 Å². The van der Waals surface area contributed by atoms with Crippen LogP contribution in [0.3, 0.4) is 0 Å². The van der Waals surface area contributed by atoms with E-state index in [1.807, 2.05) is 0 Å². The molecule has 3 rings (SSSR count). The van der Waals surface area contributed by atoms with Crippen LogP contribution in [0.4, 0.5) is 4.39 Å². The Morgan fingerprint density at radius 2 is 1.97 bits per heavy atom. The number of aliphatic hydroxyl groups excluding tert-OH is 3. The van der Waals surface area contributed by atoms with Crippen molar-refractivity contribution < 1.29 is 24.4 Å². The van der Waals surface area contributed by atoms with Crippen LogP contribution in [0.5, 0.6) is 0 Å². The summed E-state index contributed by atoms with van der Waals surface area (Å²) in [5, 5.41) is 37.9. The molecule has 0 amide bonds. The van der Waals surface area contributed by atoms with Gasteiger partial charge in [0.1, 0.15) is 35.3 Å². The molecule has 2 aromatic carbocycles. The summed E-state index contributed by atoms with van der Waals surface area (Å²) < 4.78 is 19.2. The van der Waals surface area contributed by atoms with E-state index in [9.17, 15) is 19.7 Å². The van der Waals surface area contributed by atoms with Crippen molar-refractivity contribution in [3.05, 3.63) is 70.1 Å². The molecule has 2 aromatic rings. The molecule has 31 heavy (non-hydrogen) atoms. The lowest BCUT2D eigenvalue weighted by molar-refractivity contribution is -0.164. The fourth-order valence-corrected chi connectivity index (χ4v) is 4.54. The molecule has 1 aliphatic rings. The molecule has 11 heteroatoms. The molecule has 1 aliphatic heterocycles. The van der Waals surface area contributed by atoms with Crippen LogP contribution in [0.2, 0.25) is 10.0 Å². The lowest BCUT2D eigenvalue weighted by Crippen LogP contribution is -2.61. The van der Waals surface area contributed by atoms with Gasteiger partial charge in [-0.3, -0.25) is 0 Å². The van der Waals surface area contributed by atoms with Crippen molar-refractivity contribution in [2.75, 3.05) is 6.61 Å². The summed E-state index contributed by atoms with van der Waals surface area (Å²) in [4.78, 5) is 0.669. The number of rotatable bonds is 7. The van der Waals surface area contributed by atoms with Crippen molar-refractivity contribution in [2.24, 2.45) is 5.11 Å². The van der Waals surface area contributed by atoms with Gasteiger partial charge in [0.05, 0.1) is 22.7 Å². The first-order valence-corrected chi connectivity index (χ1v) is 10.8. The average Bonchev–Trinajstić information content (AvgIpc) is 2.75. The van der Waals surface area contributed by atoms with E-state index in [2.05, 4.69) is 10.4 Å². The van der Waals surface area contributed by atoms with Gasteiger partial charge in [0.15, 0.2) is 0 Å². The second kappa shape index (κ2) is 10.7. The number of nitrogens with zero attached hydrogens (tertiary/aromatic N) is 1. The average molecular weight is 488 g/mol. The Balaban J connectivity index is 1.81. The van der Waals surface area contributed by atoms with Crippen LogP contribution in [0.1, 0.15) is 5.56 Å². The molecule has 0 radical (unpaired) electrons. The van der Waals surface area contributed by atoms with Gasteiger partial charge in [0.25, 0.3) is 0 Å². The third kappa shape index (κ3) is 5.75. The lowest BCUT2D eigenvalue weighted by Gasteiger charge is -2.42. The van der Waals surface area contributed by atoms with E-state index in [0.717, 1.165) is 11.8 Å². The summed E-state index contributed by atoms with van der Waals surface area (Å²) in [6.07, 6.45) is -2.14. The standard InChI is InChI=1S/C20H20Cl2FN3O4S/c21-13-5-4-12(7-14(13)22)31-20-19(29)17(18(28)16(9-27)30-20)25-8-15(26-24)10-2-1-3-11(23)6-10/h1-8,16-20,24-25,27-29H,9H2/b15-8-,26-24?/t16?,17?,18-,19?,20+/m0/s1. The summed E-state index contributed by atoms with van der Waals surface area (Å²) in [6, 6.07) is 9.50. The third-order valence-corrected chi connectivity index (χ3v) is 6.57. The van der Waals surface area contributed by atoms with Gasteiger partial charge in [0, 0.05) is 16.7 Å². The maximum absolute atomic E-state index is 13.5. The minimum atomic E-state index is -1.26. The van der Waals surface area contributed by atoms with Crippen molar-refractivity contribution in [1.29, 1.82) is 5.53 Å². The zero-order valence-corrected chi connectivity index (χ0v) is 18.3. The van der Waals surface area contributed by atoms with Gasteiger partial charge in [-0.1, -0.05) is 47.1 Å². The normalized spacial score (nSPS) is 26.5. The minimum Gasteiger partial charge on any atom is -0.394 e. The first-order valence-electron chi connectivity index (χ1n) is 9.18. The van der Waals surface area contributed by atoms with Crippen LogP contribution in [0.15, 0.2) is 58.7 Å². The predicted molar refractivity (Wildman–Crippen MR) is 117 cm³/mol. The monoisotopic (exact) mass is 487 g/mol. The van der Waals surface area contributed by atoms with Crippen molar-refractivity contribution in [2.45, 2.75) is 34.7 Å². The number of hydrogen-bond acceptors (Lipinski definition) is 8. The first kappa shape index (κ1) is 23.9. The van der Waals surface area contributed by atoms with E-state index in [0.29, 0.717) is 20.5 Å². The van der Waals surface area contributed by atoms with Crippen LogP contribution in [0.25, 0.3) is 5.70 Å². The van der Waals surface area contributed by atoms with E-state index in [1.54, 1.807) is 24.3 Å². The quantitative estimate of drug-likeness (QED) is 0.380. The van der Waals surface area contributed by atoms with Gasteiger partial charge >= 0.3 is 0 Å². The molecule has 3 unspecified atom stereocenters. The molecule has 166 valence electrons. The Kier molecular flexibility index (Phi) is 8.29. The number of halogens is 3. The van der Waals surface area contributed by atoms with Crippen LogP contribution < -0.4 is 5.32 Å². The molecular weight excluding hydrogens is 468 g/mol. The Hall–Kier alpha value is -1.72. The SMILES string of the molecule is N=N/C(=C\NC1C(O)[C@@H](Sc2ccc(Cl)c(Cl)c2)OC(CO)[C@@H]1O)c1cccc(F)c1. The fourth-order valence-electron chi connectivity index (χ4n) is 3.07. The highest BCUT2D eigenvalue weighted by atomic mass is 35.5. The second-order valence-electron chi connectivity index (χ2n) is 6.74. The van der Waals surface area contributed by atoms with Crippen molar-refractivity contribution in [1.82, 2.24) is 5.32 Å². The molecule has 0 aromatic heterocycles. The predicted octanol–water partition coefficient (Wildman–Crippen LogP) is 3.65. The molecule has 0 saturated carbocycles. The molecule has 0 spiro atoms. The maximum atomic E-state index is 13.5. The van der Waals surface area contributed by atoms with Gasteiger partial charge in [0.2, 0.25) is 0 Å². The van der Waals surface area contributed by atoms with Crippen molar-refractivity contribution >= 4 is 40.7 Å². The smallest absolute Gasteiger partial charge is 0.136 e. The van der Waals surface area contributed by atoms with Crippen LogP contribution in [0, 0.1) is 11.3 Å². The highest BCUT2D eigenvalue weighted by Crippen LogP contribution is 2.36. The van der Waals surface area contributed by atoms with E-state index in [1.165, 1.54) is 24.4 Å². The highest BCUT2D eigenvalue weighted by molar-refractivity contribution is 7.99. The Morgan fingerprint density at radius 1 is 1.19 bits per heavy atom. The summed E-state index contributed by atoms with van der Waals surface area (Å²) in [5.41, 5.74) is 6.95. The third-order valence-electron chi connectivity index (χ3n) is 4.68. The Morgan fingerprint density at radius 3 is 2.61 bits per heavy atom. The topological polar surface area (TPSA) is 118 Å². The molecule has 5 N–H and O–H groups in total. The summed E-state index contributed by atoms with van der Waals surface area (Å²) in [5.74, 6) is -0.489. The number of aliphatic hydroxyl groups is 3. The van der Waals surface area contributed by atoms with E-state index < -0.39 is 42.2 Å². The first-order chi connectivity index (χ1) is 14.8. The Bertz CT molecular complexity index is 968. The van der Waals surface area contributed by atoms with Crippen LogP contribution in [-0.4, -0.2) is 51.7 Å². The van der Waals surface area contributed by atoms with Gasteiger partial charge < -0.3 is 25.4 Å². The van der Waals surface area contributed by atoms with Gasteiger partial charge in [-0.15, -0.1) is 0 Å². The Labute approximate surface area is 192 Å². The highest BCUT2D eigenvalue weighted by Gasteiger charge is 2.44. The number of ether oxygens (including phenoxy) is 1. The van der Waals surface area contributed by atoms with E-state index >= 15 is 0 Å². The van der Waals surface area contributed by atoms with E-state index in [-0.39, 0.29) is 5.70 Å². The number of benzene rings is 2. The zero-order chi connectivity index (χ0) is 22.5. The van der Waals surface area contributed by atoms with E-state index in [4.69, 9.17) is 33.5 Å².